The van der Waals surface area contributed by atoms with Crippen LogP contribution in [0, 0.1) is 5.82 Å². The van der Waals surface area contributed by atoms with Gasteiger partial charge in [-0.2, -0.15) is 0 Å². The van der Waals surface area contributed by atoms with Gasteiger partial charge in [-0.05, 0) is 18.2 Å². The van der Waals surface area contributed by atoms with Gasteiger partial charge in [0.25, 0.3) is 5.91 Å². The largest absolute Gasteiger partial charge is 0.354 e. The Morgan fingerprint density at radius 3 is 2.65 bits per heavy atom. The number of rotatable bonds is 5. The summed E-state index contributed by atoms with van der Waals surface area (Å²) in [6.07, 6.45) is 6.54. The van der Waals surface area contributed by atoms with Crippen LogP contribution in [0.4, 0.5) is 4.39 Å². The summed E-state index contributed by atoms with van der Waals surface area (Å²) < 4.78 is 28.2. The predicted molar refractivity (Wildman–Crippen MR) is 125 cm³/mol. The number of nitrogens with one attached hydrogen (secondary N) is 2. The normalized spacial score (nSPS) is 16.4. The zero-order chi connectivity index (χ0) is 23.8. The van der Waals surface area contributed by atoms with E-state index in [-0.39, 0.29) is 30.1 Å². The van der Waals surface area contributed by atoms with E-state index < -0.39 is 10.8 Å². The third-order valence-corrected chi connectivity index (χ3v) is 6.64. The monoisotopic (exact) mass is 477 g/mol. The predicted octanol–water partition coefficient (Wildman–Crippen LogP) is 2.58. The van der Waals surface area contributed by atoms with Crippen LogP contribution in [0.5, 0.6) is 0 Å². The first-order chi connectivity index (χ1) is 16.4. The molecule has 4 aromatic rings. The molecule has 1 saturated heterocycles. The molecule has 3 heterocycles. The first-order valence-corrected chi connectivity index (χ1v) is 12.1. The summed E-state index contributed by atoms with van der Waals surface area (Å²) in [5.41, 5.74) is 1.91. The summed E-state index contributed by atoms with van der Waals surface area (Å²) in [4.78, 5) is 33.6. The van der Waals surface area contributed by atoms with Crippen molar-refractivity contribution < 1.29 is 18.2 Å². The summed E-state index contributed by atoms with van der Waals surface area (Å²) in [7, 11) is -1.29. The lowest BCUT2D eigenvalue weighted by molar-refractivity contribution is -0.119. The Morgan fingerprint density at radius 1 is 1.21 bits per heavy atom. The van der Waals surface area contributed by atoms with E-state index in [1.54, 1.807) is 53.4 Å². The summed E-state index contributed by atoms with van der Waals surface area (Å²) in [6.45, 7) is 0.393. The molecule has 5 rings (SSSR count). The molecular formula is C24H20FN5O3S. The lowest BCUT2D eigenvalue weighted by Crippen LogP contribution is -2.36. The molecule has 1 aliphatic rings. The lowest BCUT2D eigenvalue weighted by atomic mass is 10.1. The molecule has 0 bridgehead atoms. The zero-order valence-electron chi connectivity index (χ0n) is 18.1. The number of amides is 2. The van der Waals surface area contributed by atoms with Crippen LogP contribution in [-0.4, -0.2) is 49.4 Å². The number of nitrogens with zero attached hydrogens (tertiary/aromatic N) is 3. The zero-order valence-corrected chi connectivity index (χ0v) is 18.9. The molecule has 2 unspecified atom stereocenters. The third-order valence-electron chi connectivity index (χ3n) is 5.69. The minimum Gasteiger partial charge on any atom is -0.354 e. The van der Waals surface area contributed by atoms with Crippen molar-refractivity contribution >= 4 is 33.5 Å². The highest BCUT2D eigenvalue weighted by molar-refractivity contribution is 7.84. The van der Waals surface area contributed by atoms with E-state index >= 15 is 0 Å². The van der Waals surface area contributed by atoms with Gasteiger partial charge in [-0.3, -0.25) is 18.4 Å². The number of aromatic nitrogens is 3. The fourth-order valence-corrected chi connectivity index (χ4v) is 4.72. The summed E-state index contributed by atoms with van der Waals surface area (Å²) in [6, 6.07) is 11.2. The van der Waals surface area contributed by atoms with Crippen LogP contribution in [-0.2, 0) is 15.6 Å². The van der Waals surface area contributed by atoms with E-state index in [0.717, 1.165) is 0 Å². The molecule has 2 atom stereocenters. The number of hydrogen-bond donors (Lipinski definition) is 2. The highest BCUT2D eigenvalue weighted by Crippen LogP contribution is 2.28. The number of carbonyl (C=O) groups excluding carboxylic acids is 2. The Labute approximate surface area is 196 Å². The molecule has 2 aromatic carbocycles. The van der Waals surface area contributed by atoms with Crippen LogP contribution in [0.3, 0.4) is 0 Å². The Kier molecular flexibility index (Phi) is 5.66. The molecule has 34 heavy (non-hydrogen) atoms. The minimum atomic E-state index is -1.29. The van der Waals surface area contributed by atoms with Gasteiger partial charge in [0.05, 0.1) is 27.3 Å². The van der Waals surface area contributed by atoms with E-state index in [4.69, 9.17) is 0 Å². The fourth-order valence-electron chi connectivity index (χ4n) is 3.99. The van der Waals surface area contributed by atoms with Crippen molar-refractivity contribution in [3.8, 4) is 17.1 Å². The van der Waals surface area contributed by atoms with Gasteiger partial charge >= 0.3 is 0 Å². The average molecular weight is 478 g/mol. The van der Waals surface area contributed by atoms with Crippen LogP contribution < -0.4 is 10.6 Å². The molecule has 0 spiro atoms. The molecule has 2 N–H and O–H groups in total. The van der Waals surface area contributed by atoms with Gasteiger partial charge in [0.1, 0.15) is 5.82 Å². The van der Waals surface area contributed by atoms with Crippen LogP contribution in [0.15, 0.2) is 66.0 Å². The molecule has 172 valence electrons. The van der Waals surface area contributed by atoms with Crippen molar-refractivity contribution in [2.45, 2.75) is 17.4 Å². The molecule has 10 heteroatoms. The number of benzene rings is 2. The lowest BCUT2D eigenvalue weighted by Gasteiger charge is -2.11. The smallest absolute Gasteiger partial charge is 0.251 e. The second-order valence-corrected chi connectivity index (χ2v) is 9.33. The van der Waals surface area contributed by atoms with Crippen molar-refractivity contribution in [1.82, 2.24) is 25.2 Å². The van der Waals surface area contributed by atoms with E-state index in [1.807, 2.05) is 0 Å². The molecule has 2 amide bonds. The minimum absolute atomic E-state index is 0.0966. The van der Waals surface area contributed by atoms with Crippen molar-refractivity contribution in [3.05, 3.63) is 72.4 Å². The van der Waals surface area contributed by atoms with Crippen molar-refractivity contribution in [3.63, 3.8) is 0 Å². The van der Waals surface area contributed by atoms with Gasteiger partial charge in [-0.1, -0.05) is 24.3 Å². The van der Waals surface area contributed by atoms with Crippen LogP contribution in [0.2, 0.25) is 0 Å². The summed E-state index contributed by atoms with van der Waals surface area (Å²) >= 11 is 0. The Hall–Kier alpha value is -3.92. The van der Waals surface area contributed by atoms with E-state index in [9.17, 15) is 18.2 Å². The maximum atomic E-state index is 14.1. The second kappa shape index (κ2) is 8.79. The quantitative estimate of drug-likeness (QED) is 0.460. The van der Waals surface area contributed by atoms with Crippen molar-refractivity contribution in [1.29, 1.82) is 0 Å². The Balaban J connectivity index is 1.53. The van der Waals surface area contributed by atoms with E-state index in [0.29, 0.717) is 45.0 Å². The maximum Gasteiger partial charge on any atom is 0.251 e. The molecule has 0 aliphatic carbocycles. The number of hydrogen-bond acceptors (Lipinski definition) is 5. The Morgan fingerprint density at radius 2 is 1.97 bits per heavy atom. The Bertz CT molecular complexity index is 1450. The van der Waals surface area contributed by atoms with Crippen LogP contribution in [0.25, 0.3) is 28.0 Å². The summed E-state index contributed by atoms with van der Waals surface area (Å²) in [5, 5.41) is 6.25. The van der Waals surface area contributed by atoms with Gasteiger partial charge in [-0.15, -0.1) is 0 Å². The molecule has 8 nitrogen and oxygen atoms in total. The van der Waals surface area contributed by atoms with Gasteiger partial charge in [-0.25, -0.2) is 14.4 Å². The maximum absolute atomic E-state index is 14.1. The first-order valence-electron chi connectivity index (χ1n) is 10.5. The number of carbonyl (C=O) groups is 2. The van der Waals surface area contributed by atoms with Crippen LogP contribution >= 0.6 is 0 Å². The standard InChI is InChI=1S/C24H20FN5O3S/c1-34(33)21-13-30(24-27-10-15(11-28-24)17-4-2-3-5-19(17)25)20-8-14(6-7-18(20)21)23(32)29-16-9-22(31)26-12-16/h2-8,10-11,13,16H,9,12H2,1H3,(H,26,31)(H,29,32). The molecule has 1 fully saturated rings. The van der Waals surface area contributed by atoms with Gasteiger partial charge in [0.2, 0.25) is 11.9 Å². The molecule has 0 saturated carbocycles. The molecule has 1 aliphatic heterocycles. The molecular weight excluding hydrogens is 457 g/mol. The van der Waals surface area contributed by atoms with Gasteiger partial charge < -0.3 is 10.6 Å². The van der Waals surface area contributed by atoms with Gasteiger partial charge in [0, 0.05) is 59.9 Å². The number of fused-ring (bicyclic) bond motifs is 1. The summed E-state index contributed by atoms with van der Waals surface area (Å²) in [5.74, 6) is -0.486. The average Bonchev–Trinajstić information content (AvgIpc) is 3.42. The van der Waals surface area contributed by atoms with Crippen LogP contribution in [0.1, 0.15) is 16.8 Å². The van der Waals surface area contributed by atoms with Gasteiger partial charge in [0.15, 0.2) is 0 Å². The molecule has 0 radical (unpaired) electrons. The van der Waals surface area contributed by atoms with Crippen molar-refractivity contribution in [2.24, 2.45) is 0 Å². The second-order valence-electron chi connectivity index (χ2n) is 7.98. The topological polar surface area (TPSA) is 106 Å². The highest BCUT2D eigenvalue weighted by atomic mass is 32.2. The van der Waals surface area contributed by atoms with Crippen molar-refractivity contribution in [2.75, 3.05) is 12.8 Å². The number of halogens is 1. The van der Waals surface area contributed by atoms with E-state index in [2.05, 4.69) is 20.6 Å². The fraction of sp³-hybridized carbons (Fsp3) is 0.167. The molecule has 2 aromatic heterocycles. The van der Waals surface area contributed by atoms with E-state index in [1.165, 1.54) is 18.5 Å². The first kappa shape index (κ1) is 21.9. The highest BCUT2D eigenvalue weighted by Gasteiger charge is 2.24. The SMILES string of the molecule is CS(=O)c1cn(-c2ncc(-c3ccccc3F)cn2)c2cc(C(=O)NC3CNC(=O)C3)ccc12. The third kappa shape index (κ3) is 4.08.